The van der Waals surface area contributed by atoms with Crippen molar-refractivity contribution in [2.24, 2.45) is 0 Å². The third-order valence-electron chi connectivity index (χ3n) is 2.36. The lowest BCUT2D eigenvalue weighted by Gasteiger charge is -2.04. The first-order valence-electron chi connectivity index (χ1n) is 4.98. The molecule has 2 aromatic rings. The van der Waals surface area contributed by atoms with Crippen LogP contribution in [0.4, 0.5) is 0 Å². The van der Waals surface area contributed by atoms with E-state index in [2.05, 4.69) is 11.1 Å². The molecule has 1 aromatic carbocycles. The minimum Gasteiger partial charge on any atom is -0.244 e. The topological polar surface area (TPSA) is 36.7 Å². The molecule has 17 heavy (non-hydrogen) atoms. The van der Waals surface area contributed by atoms with E-state index in [1.165, 1.54) is 0 Å². The number of benzene rings is 1. The van der Waals surface area contributed by atoms with Crippen LogP contribution in [0.15, 0.2) is 36.5 Å². The fourth-order valence-electron chi connectivity index (χ4n) is 1.50. The molecule has 4 heteroatoms. The smallest absolute Gasteiger partial charge is 0.133 e. The van der Waals surface area contributed by atoms with Gasteiger partial charge in [-0.15, -0.1) is 0 Å². The van der Waals surface area contributed by atoms with Gasteiger partial charge in [-0.25, -0.2) is 4.98 Å². The number of rotatable bonds is 2. The Bertz CT molecular complexity index is 571. The molecule has 0 radical (unpaired) electrons. The van der Waals surface area contributed by atoms with Crippen LogP contribution in [0.5, 0.6) is 0 Å². The quantitative estimate of drug-likeness (QED) is 0.764. The van der Waals surface area contributed by atoms with Gasteiger partial charge in [0.05, 0.1) is 12.5 Å². The summed E-state index contributed by atoms with van der Waals surface area (Å²) in [7, 11) is 0. The molecule has 0 bridgehead atoms. The van der Waals surface area contributed by atoms with Crippen LogP contribution in [0.2, 0.25) is 10.2 Å². The summed E-state index contributed by atoms with van der Waals surface area (Å²) in [5, 5.41) is 9.75. The molecule has 0 fully saturated rings. The number of aromatic nitrogens is 1. The van der Waals surface area contributed by atoms with Gasteiger partial charge in [0.1, 0.15) is 5.15 Å². The largest absolute Gasteiger partial charge is 0.244 e. The van der Waals surface area contributed by atoms with Crippen molar-refractivity contribution in [3.8, 4) is 17.2 Å². The Balaban J connectivity index is 2.43. The lowest BCUT2D eigenvalue weighted by molar-refractivity contribution is 1.19. The van der Waals surface area contributed by atoms with E-state index >= 15 is 0 Å². The first kappa shape index (κ1) is 11.9. The third-order valence-corrected chi connectivity index (χ3v) is 2.95. The second-order valence-electron chi connectivity index (χ2n) is 3.52. The van der Waals surface area contributed by atoms with Crippen LogP contribution < -0.4 is 0 Å². The molecule has 0 saturated carbocycles. The van der Waals surface area contributed by atoms with Crippen molar-refractivity contribution in [1.29, 1.82) is 5.26 Å². The van der Waals surface area contributed by atoms with Gasteiger partial charge >= 0.3 is 0 Å². The number of pyridine rings is 1. The molecule has 0 atom stereocenters. The normalized spacial score (nSPS) is 9.94. The SMILES string of the molecule is N#CCc1cc(-c2ccc(Cl)cc2)cnc1Cl. The second-order valence-corrected chi connectivity index (χ2v) is 4.31. The van der Waals surface area contributed by atoms with Gasteiger partial charge in [-0.2, -0.15) is 5.26 Å². The maximum absolute atomic E-state index is 8.69. The number of hydrogen-bond donors (Lipinski definition) is 0. The van der Waals surface area contributed by atoms with Crippen LogP contribution in [0.3, 0.4) is 0 Å². The fourth-order valence-corrected chi connectivity index (χ4v) is 1.80. The Kier molecular flexibility index (Phi) is 3.63. The highest BCUT2D eigenvalue weighted by molar-refractivity contribution is 6.30. The first-order valence-corrected chi connectivity index (χ1v) is 5.73. The van der Waals surface area contributed by atoms with Crippen LogP contribution in [0.1, 0.15) is 5.56 Å². The van der Waals surface area contributed by atoms with Gasteiger partial charge in [-0.1, -0.05) is 35.3 Å². The Morgan fingerprint density at radius 3 is 2.47 bits per heavy atom. The van der Waals surface area contributed by atoms with Crippen LogP contribution in [-0.4, -0.2) is 4.98 Å². The minimum atomic E-state index is 0.257. The fraction of sp³-hybridized carbons (Fsp3) is 0.0769. The molecule has 0 unspecified atom stereocenters. The van der Waals surface area contributed by atoms with E-state index in [1.54, 1.807) is 6.20 Å². The molecule has 0 spiro atoms. The maximum atomic E-state index is 8.69. The summed E-state index contributed by atoms with van der Waals surface area (Å²) < 4.78 is 0. The van der Waals surface area contributed by atoms with Crippen molar-refractivity contribution in [2.75, 3.05) is 0 Å². The minimum absolute atomic E-state index is 0.257. The molecule has 84 valence electrons. The van der Waals surface area contributed by atoms with Crippen molar-refractivity contribution in [1.82, 2.24) is 4.98 Å². The molecular formula is C13H8Cl2N2. The van der Waals surface area contributed by atoms with Gasteiger partial charge in [0.15, 0.2) is 0 Å². The highest BCUT2D eigenvalue weighted by Crippen LogP contribution is 2.24. The van der Waals surface area contributed by atoms with Crippen LogP contribution in [-0.2, 0) is 6.42 Å². The average Bonchev–Trinajstić information content (AvgIpc) is 2.33. The van der Waals surface area contributed by atoms with E-state index in [0.29, 0.717) is 10.2 Å². The van der Waals surface area contributed by atoms with Crippen LogP contribution in [0, 0.1) is 11.3 Å². The summed E-state index contributed by atoms with van der Waals surface area (Å²) in [6, 6.07) is 11.4. The van der Waals surface area contributed by atoms with Gasteiger partial charge in [-0.3, -0.25) is 0 Å². The molecule has 0 aliphatic heterocycles. The number of nitrogens with zero attached hydrogens (tertiary/aromatic N) is 2. The van der Waals surface area contributed by atoms with Gasteiger partial charge in [-0.05, 0) is 23.8 Å². The van der Waals surface area contributed by atoms with Gasteiger partial charge in [0, 0.05) is 22.3 Å². The summed E-state index contributed by atoms with van der Waals surface area (Å²) in [4.78, 5) is 4.08. The van der Waals surface area contributed by atoms with Gasteiger partial charge in [0.25, 0.3) is 0 Å². The molecule has 0 aliphatic rings. The average molecular weight is 263 g/mol. The maximum Gasteiger partial charge on any atom is 0.133 e. The first-order chi connectivity index (χ1) is 8.20. The summed E-state index contributed by atoms with van der Waals surface area (Å²) in [5.74, 6) is 0. The van der Waals surface area contributed by atoms with Crippen molar-refractivity contribution in [2.45, 2.75) is 6.42 Å². The zero-order valence-electron chi connectivity index (χ0n) is 8.82. The van der Waals surface area contributed by atoms with Crippen molar-refractivity contribution in [3.63, 3.8) is 0 Å². The van der Waals surface area contributed by atoms with E-state index in [-0.39, 0.29) is 6.42 Å². The van der Waals surface area contributed by atoms with E-state index in [4.69, 9.17) is 28.5 Å². The molecular weight excluding hydrogens is 255 g/mol. The summed E-state index contributed by atoms with van der Waals surface area (Å²) >= 11 is 11.7. The number of halogens is 2. The van der Waals surface area contributed by atoms with E-state index in [1.807, 2.05) is 30.3 Å². The number of nitriles is 1. The van der Waals surface area contributed by atoms with E-state index in [9.17, 15) is 0 Å². The summed E-state index contributed by atoms with van der Waals surface area (Å²) in [6.07, 6.45) is 1.94. The molecule has 1 aromatic heterocycles. The molecule has 0 amide bonds. The number of hydrogen-bond acceptors (Lipinski definition) is 2. The Morgan fingerprint density at radius 1 is 1.12 bits per heavy atom. The lowest BCUT2D eigenvalue weighted by atomic mass is 10.1. The highest BCUT2D eigenvalue weighted by Gasteiger charge is 2.05. The standard InChI is InChI=1S/C13H8Cl2N2/c14-12-3-1-9(2-4-12)11-7-10(5-6-16)13(15)17-8-11/h1-4,7-8H,5H2. The molecule has 0 saturated heterocycles. The summed E-state index contributed by atoms with van der Waals surface area (Å²) in [5.41, 5.74) is 2.66. The van der Waals surface area contributed by atoms with Gasteiger partial charge in [0.2, 0.25) is 0 Å². The molecule has 0 aliphatic carbocycles. The third kappa shape index (κ3) is 2.76. The van der Waals surface area contributed by atoms with Crippen LogP contribution in [0.25, 0.3) is 11.1 Å². The van der Waals surface area contributed by atoms with E-state index in [0.717, 1.165) is 16.7 Å². The Labute approximate surface area is 109 Å². The second kappa shape index (κ2) is 5.18. The summed E-state index contributed by atoms with van der Waals surface area (Å²) in [6.45, 7) is 0. The van der Waals surface area contributed by atoms with Crippen LogP contribution >= 0.6 is 23.2 Å². The zero-order chi connectivity index (χ0) is 12.3. The molecule has 0 N–H and O–H groups in total. The Hall–Kier alpha value is -1.56. The molecule has 2 rings (SSSR count). The lowest BCUT2D eigenvalue weighted by Crippen LogP contribution is -1.89. The predicted molar refractivity (Wildman–Crippen MR) is 69.0 cm³/mol. The highest BCUT2D eigenvalue weighted by atomic mass is 35.5. The monoisotopic (exact) mass is 262 g/mol. The Morgan fingerprint density at radius 2 is 1.82 bits per heavy atom. The molecule has 1 heterocycles. The zero-order valence-corrected chi connectivity index (χ0v) is 10.3. The van der Waals surface area contributed by atoms with E-state index < -0.39 is 0 Å². The van der Waals surface area contributed by atoms with Crippen molar-refractivity contribution >= 4 is 23.2 Å². The molecule has 2 nitrogen and oxygen atoms in total. The van der Waals surface area contributed by atoms with Crippen molar-refractivity contribution in [3.05, 3.63) is 52.3 Å². The predicted octanol–water partition coefficient (Wildman–Crippen LogP) is 4.12. The van der Waals surface area contributed by atoms with Crippen molar-refractivity contribution < 1.29 is 0 Å². The van der Waals surface area contributed by atoms with Gasteiger partial charge < -0.3 is 0 Å².